The van der Waals surface area contributed by atoms with E-state index in [9.17, 15) is 4.79 Å². The van der Waals surface area contributed by atoms with Crippen molar-refractivity contribution in [3.8, 4) is 0 Å². The summed E-state index contributed by atoms with van der Waals surface area (Å²) in [5.74, 6) is 1.49. The quantitative estimate of drug-likeness (QED) is 0.513. The summed E-state index contributed by atoms with van der Waals surface area (Å²) in [5.41, 5.74) is -0.132. The summed E-state index contributed by atoms with van der Waals surface area (Å²) in [6.45, 7) is 6.16. The maximum absolute atomic E-state index is 11.1. The number of thioether (sulfide) groups is 1. The van der Waals surface area contributed by atoms with Crippen LogP contribution in [-0.4, -0.2) is 35.8 Å². The summed E-state index contributed by atoms with van der Waals surface area (Å²) in [7, 11) is 3.19. The van der Waals surface area contributed by atoms with Crippen molar-refractivity contribution in [1.29, 1.82) is 0 Å². The number of carbonyl (C=O) groups excluding carboxylic acids is 1. The lowest BCUT2D eigenvalue weighted by Gasteiger charge is -2.18. The molecule has 0 aliphatic carbocycles. The molecule has 1 N–H and O–H groups in total. The highest BCUT2D eigenvalue weighted by atomic mass is 32.2. The van der Waals surface area contributed by atoms with Crippen LogP contribution in [0.1, 0.15) is 26.6 Å². The van der Waals surface area contributed by atoms with Gasteiger partial charge in [0, 0.05) is 18.5 Å². The van der Waals surface area contributed by atoms with Crippen molar-refractivity contribution < 1.29 is 9.53 Å². The van der Waals surface area contributed by atoms with Crippen LogP contribution in [0.5, 0.6) is 0 Å². The Labute approximate surface area is 112 Å². The Morgan fingerprint density at radius 1 is 1.44 bits per heavy atom. The van der Waals surface area contributed by atoms with E-state index in [0.29, 0.717) is 0 Å². The van der Waals surface area contributed by atoms with Gasteiger partial charge in [0.2, 0.25) is 0 Å². The lowest BCUT2D eigenvalue weighted by atomic mass is 9.96. The molecular formula is C12H19N3O2S. The third-order valence-electron chi connectivity index (χ3n) is 2.20. The van der Waals surface area contributed by atoms with Gasteiger partial charge in [0.05, 0.1) is 12.9 Å². The lowest BCUT2D eigenvalue weighted by molar-refractivity contribution is -0.137. The van der Waals surface area contributed by atoms with Gasteiger partial charge in [0.25, 0.3) is 0 Å². The highest BCUT2D eigenvalue weighted by Gasteiger charge is 2.19. The highest BCUT2D eigenvalue weighted by molar-refractivity contribution is 7.99. The standard InChI is InChI=1S/C12H19N3O2S/c1-12(2,3)11-14-8(13-4)6-9(15-11)18-7-10(16)17-5/h6H,7H2,1-5H3,(H,13,14,15). The summed E-state index contributed by atoms with van der Waals surface area (Å²) in [6, 6.07) is 1.82. The zero-order valence-electron chi connectivity index (χ0n) is 11.4. The number of methoxy groups -OCH3 is 1. The second-order valence-corrected chi connectivity index (χ2v) is 5.78. The molecule has 1 aromatic rings. The van der Waals surface area contributed by atoms with Gasteiger partial charge in [0.15, 0.2) is 0 Å². The van der Waals surface area contributed by atoms with Crippen molar-refractivity contribution in [2.75, 3.05) is 25.2 Å². The number of aromatic nitrogens is 2. The number of carbonyl (C=O) groups is 1. The van der Waals surface area contributed by atoms with Crippen LogP contribution in [0.25, 0.3) is 0 Å². The Kier molecular flexibility index (Phi) is 4.95. The second kappa shape index (κ2) is 6.04. The van der Waals surface area contributed by atoms with Gasteiger partial charge >= 0.3 is 5.97 Å². The molecule has 0 aromatic carbocycles. The van der Waals surface area contributed by atoms with Crippen LogP contribution in [0.15, 0.2) is 11.1 Å². The van der Waals surface area contributed by atoms with Gasteiger partial charge in [-0.05, 0) is 0 Å². The average molecular weight is 269 g/mol. The van der Waals surface area contributed by atoms with Crippen LogP contribution < -0.4 is 5.32 Å². The number of anilines is 1. The second-order valence-electron chi connectivity index (χ2n) is 4.78. The number of hydrogen-bond acceptors (Lipinski definition) is 6. The van der Waals surface area contributed by atoms with E-state index in [2.05, 4.69) is 40.8 Å². The van der Waals surface area contributed by atoms with Gasteiger partial charge in [-0.15, -0.1) is 0 Å². The van der Waals surface area contributed by atoms with Crippen LogP contribution in [0, 0.1) is 0 Å². The van der Waals surface area contributed by atoms with Gasteiger partial charge in [0.1, 0.15) is 16.7 Å². The van der Waals surface area contributed by atoms with Crippen LogP contribution in [-0.2, 0) is 14.9 Å². The van der Waals surface area contributed by atoms with E-state index >= 15 is 0 Å². The predicted molar refractivity (Wildman–Crippen MR) is 73.0 cm³/mol. The molecule has 0 unspecified atom stereocenters. The fourth-order valence-electron chi connectivity index (χ4n) is 1.15. The summed E-state index contributed by atoms with van der Waals surface area (Å²) in [4.78, 5) is 20.0. The molecule has 5 nitrogen and oxygen atoms in total. The Morgan fingerprint density at radius 3 is 2.61 bits per heavy atom. The van der Waals surface area contributed by atoms with E-state index in [1.807, 2.05) is 13.1 Å². The van der Waals surface area contributed by atoms with E-state index in [1.54, 1.807) is 0 Å². The third-order valence-corrected chi connectivity index (χ3v) is 3.08. The van der Waals surface area contributed by atoms with Gasteiger partial charge in [-0.25, -0.2) is 9.97 Å². The molecule has 0 aliphatic heterocycles. The van der Waals surface area contributed by atoms with Gasteiger partial charge in [-0.3, -0.25) is 4.79 Å². The molecule has 0 saturated carbocycles. The first-order chi connectivity index (χ1) is 8.36. The number of hydrogen-bond donors (Lipinski definition) is 1. The molecule has 0 fully saturated rings. The molecule has 0 atom stereocenters. The molecular weight excluding hydrogens is 250 g/mol. The Hall–Kier alpha value is -1.30. The minimum Gasteiger partial charge on any atom is -0.468 e. The normalized spacial score (nSPS) is 11.2. The third kappa shape index (κ3) is 4.18. The number of nitrogens with zero attached hydrogens (tertiary/aromatic N) is 2. The molecule has 0 aliphatic rings. The van der Waals surface area contributed by atoms with Crippen LogP contribution in [0.3, 0.4) is 0 Å². The molecule has 0 bridgehead atoms. The maximum Gasteiger partial charge on any atom is 0.316 e. The van der Waals surface area contributed by atoms with Crippen molar-refractivity contribution in [3.63, 3.8) is 0 Å². The smallest absolute Gasteiger partial charge is 0.316 e. The van der Waals surface area contributed by atoms with Crippen molar-refractivity contribution >= 4 is 23.5 Å². The minimum absolute atomic E-state index is 0.132. The lowest BCUT2D eigenvalue weighted by Crippen LogP contribution is -2.17. The first kappa shape index (κ1) is 14.8. The first-order valence-corrected chi connectivity index (χ1v) is 6.62. The van der Waals surface area contributed by atoms with E-state index in [4.69, 9.17) is 0 Å². The Balaban J connectivity index is 2.94. The zero-order chi connectivity index (χ0) is 13.8. The Morgan fingerprint density at radius 2 is 2.11 bits per heavy atom. The molecule has 0 radical (unpaired) electrons. The number of rotatable bonds is 4. The molecule has 6 heteroatoms. The summed E-state index contributed by atoms with van der Waals surface area (Å²) >= 11 is 1.35. The van der Waals surface area contributed by atoms with Gasteiger partial charge in [-0.1, -0.05) is 32.5 Å². The monoisotopic (exact) mass is 269 g/mol. The van der Waals surface area contributed by atoms with E-state index < -0.39 is 0 Å². The van der Waals surface area contributed by atoms with Crippen molar-refractivity contribution in [3.05, 3.63) is 11.9 Å². The molecule has 18 heavy (non-hydrogen) atoms. The highest BCUT2D eigenvalue weighted by Crippen LogP contribution is 2.24. The maximum atomic E-state index is 11.1. The minimum atomic E-state index is -0.262. The van der Waals surface area contributed by atoms with Gasteiger partial charge < -0.3 is 10.1 Å². The fourth-order valence-corrected chi connectivity index (χ4v) is 1.88. The molecule has 1 rings (SSSR count). The van der Waals surface area contributed by atoms with E-state index in [1.165, 1.54) is 18.9 Å². The largest absolute Gasteiger partial charge is 0.468 e. The molecule has 1 heterocycles. The number of nitrogens with one attached hydrogen (secondary N) is 1. The summed E-state index contributed by atoms with van der Waals surface area (Å²) in [5, 5.41) is 3.77. The van der Waals surface area contributed by atoms with Crippen LogP contribution in [0.2, 0.25) is 0 Å². The summed E-state index contributed by atoms with van der Waals surface area (Å²) < 4.78 is 4.61. The van der Waals surface area contributed by atoms with E-state index in [0.717, 1.165) is 16.7 Å². The van der Waals surface area contributed by atoms with Crippen molar-refractivity contribution in [2.24, 2.45) is 0 Å². The molecule has 0 spiro atoms. The van der Waals surface area contributed by atoms with Crippen molar-refractivity contribution in [1.82, 2.24) is 9.97 Å². The van der Waals surface area contributed by atoms with Crippen molar-refractivity contribution in [2.45, 2.75) is 31.2 Å². The average Bonchev–Trinajstić information content (AvgIpc) is 2.34. The fraction of sp³-hybridized carbons (Fsp3) is 0.583. The Bertz CT molecular complexity index is 430. The first-order valence-electron chi connectivity index (χ1n) is 5.63. The molecule has 0 amide bonds. The van der Waals surface area contributed by atoms with Gasteiger partial charge in [-0.2, -0.15) is 0 Å². The van der Waals surface area contributed by atoms with Crippen LogP contribution in [0.4, 0.5) is 5.82 Å². The number of esters is 1. The topological polar surface area (TPSA) is 64.1 Å². The van der Waals surface area contributed by atoms with Crippen LogP contribution >= 0.6 is 11.8 Å². The number of ether oxygens (including phenoxy) is 1. The summed E-state index contributed by atoms with van der Waals surface area (Å²) in [6.07, 6.45) is 0. The predicted octanol–water partition coefficient (Wildman–Crippen LogP) is 2.08. The molecule has 0 saturated heterocycles. The zero-order valence-corrected chi connectivity index (χ0v) is 12.2. The SMILES string of the molecule is CNc1cc(SCC(=O)OC)nc(C(C)(C)C)n1. The molecule has 1 aromatic heterocycles. The molecule has 100 valence electrons. The van der Waals surface area contributed by atoms with E-state index in [-0.39, 0.29) is 17.1 Å².